The van der Waals surface area contributed by atoms with Crippen molar-refractivity contribution in [3.63, 3.8) is 0 Å². The molecule has 1 atom stereocenters. The van der Waals surface area contributed by atoms with E-state index in [1.54, 1.807) is 0 Å². The van der Waals surface area contributed by atoms with E-state index in [0.717, 1.165) is 0 Å². The van der Waals surface area contributed by atoms with Crippen LogP contribution in [0.4, 0.5) is 0 Å². The molecular weight excluding hydrogens is 301 g/mol. The highest BCUT2D eigenvalue weighted by Crippen LogP contribution is 2.11. The van der Waals surface area contributed by atoms with Crippen LogP contribution in [-0.4, -0.2) is 47.3 Å². The van der Waals surface area contributed by atoms with E-state index in [1.807, 2.05) is 4.72 Å². The van der Waals surface area contributed by atoms with Gasteiger partial charge in [0.25, 0.3) is 0 Å². The fraction of sp³-hybridized carbons (Fsp3) is 0.364. The summed E-state index contributed by atoms with van der Waals surface area (Å²) in [5.74, 6) is -3.16. The molecule has 0 aliphatic carbocycles. The highest BCUT2D eigenvalue weighted by Gasteiger charge is 2.30. The predicted octanol–water partition coefficient (Wildman–Crippen LogP) is -0.962. The van der Waals surface area contributed by atoms with Gasteiger partial charge in [-0.05, 0) is 23.6 Å². The zero-order valence-corrected chi connectivity index (χ0v) is 12.1. The van der Waals surface area contributed by atoms with Crippen LogP contribution >= 0.6 is 0 Å². The fourth-order valence-corrected chi connectivity index (χ4v) is 3.29. The van der Waals surface area contributed by atoms with Gasteiger partial charge in [-0.15, -0.1) is 0 Å². The first-order chi connectivity index (χ1) is 9.55. The minimum absolute atomic E-state index is 0.0299. The summed E-state index contributed by atoms with van der Waals surface area (Å²) < 4.78 is 25.8. The van der Waals surface area contributed by atoms with Gasteiger partial charge in [-0.2, -0.15) is 0 Å². The van der Waals surface area contributed by atoms with E-state index in [1.165, 1.54) is 31.2 Å². The smallest absolute Gasteiger partial charge is 0.389 e. The van der Waals surface area contributed by atoms with E-state index in [-0.39, 0.29) is 17.5 Å². The molecule has 1 rings (SSSR count). The average molecular weight is 318 g/mol. The Kier molecular flexibility index (Phi) is 5.48. The normalized spacial score (nSPS) is 13.9. The highest BCUT2D eigenvalue weighted by atomic mass is 32.2. The first kappa shape index (κ1) is 17.6. The number of aromatic carboxylic acids is 1. The third-order valence-electron chi connectivity index (χ3n) is 2.84. The van der Waals surface area contributed by atoms with Gasteiger partial charge in [0, 0.05) is 0 Å². The maximum atomic E-state index is 11.9. The first-order valence-electron chi connectivity index (χ1n) is 6.19. The van der Waals surface area contributed by atoms with Crippen molar-refractivity contribution < 1.29 is 33.4 Å². The quantitative estimate of drug-likeness (QED) is 0.407. The summed E-state index contributed by atoms with van der Waals surface area (Å²) in [4.78, 5) is 10.8. The van der Waals surface area contributed by atoms with E-state index in [9.17, 15) is 13.2 Å². The largest absolute Gasteiger partial charge is 0.559 e. The maximum absolute atomic E-state index is 11.9. The molecular formula is C11H17BNO7S-. The van der Waals surface area contributed by atoms with Gasteiger partial charge >= 0.3 is 12.7 Å². The monoisotopic (exact) mass is 318 g/mol. The summed E-state index contributed by atoms with van der Waals surface area (Å²) in [6.45, 7) is -2.36. The van der Waals surface area contributed by atoms with Crippen molar-refractivity contribution in [2.75, 3.05) is 0 Å². The lowest BCUT2D eigenvalue weighted by atomic mass is 9.69. The van der Waals surface area contributed by atoms with Crippen LogP contribution in [0.5, 0.6) is 0 Å². The summed E-state index contributed by atoms with van der Waals surface area (Å²) >= 11 is 0. The summed E-state index contributed by atoms with van der Waals surface area (Å²) in [7, 11) is -3.98. The molecule has 1 aromatic rings. The zero-order chi connectivity index (χ0) is 16.3. The van der Waals surface area contributed by atoms with Crippen molar-refractivity contribution in [3.05, 3.63) is 35.4 Å². The third kappa shape index (κ3) is 5.44. The van der Waals surface area contributed by atoms with Crippen molar-refractivity contribution >= 4 is 22.7 Å². The zero-order valence-electron chi connectivity index (χ0n) is 11.3. The molecule has 0 aliphatic rings. The second kappa shape index (κ2) is 6.54. The van der Waals surface area contributed by atoms with Crippen molar-refractivity contribution in [3.8, 4) is 0 Å². The van der Waals surface area contributed by atoms with Crippen LogP contribution in [0, 0.1) is 0 Å². The molecule has 0 aromatic heterocycles. The van der Waals surface area contributed by atoms with Crippen LogP contribution in [0.15, 0.2) is 24.3 Å². The highest BCUT2D eigenvalue weighted by molar-refractivity contribution is 7.88. The molecule has 0 unspecified atom stereocenters. The van der Waals surface area contributed by atoms with Crippen LogP contribution in [-0.2, 0) is 15.8 Å². The summed E-state index contributed by atoms with van der Waals surface area (Å²) in [6.07, 6.45) is -0.0299. The molecule has 0 saturated carbocycles. The Morgan fingerprint density at radius 1 is 1.33 bits per heavy atom. The minimum Gasteiger partial charge on any atom is -0.559 e. The van der Waals surface area contributed by atoms with Crippen molar-refractivity contribution in [2.45, 2.75) is 25.0 Å². The lowest BCUT2D eigenvalue weighted by molar-refractivity contribution is 0.0696. The van der Waals surface area contributed by atoms with Gasteiger partial charge in [0.1, 0.15) is 0 Å². The summed E-state index contributed by atoms with van der Waals surface area (Å²) in [5, 5.41) is 36.1. The van der Waals surface area contributed by atoms with Crippen LogP contribution < -0.4 is 4.72 Å². The number of carbonyl (C=O) groups is 1. The first-order valence-corrected chi connectivity index (χ1v) is 7.84. The number of nitrogens with one attached hydrogen (secondary N) is 1. The number of hydrogen-bond acceptors (Lipinski definition) is 6. The van der Waals surface area contributed by atoms with Crippen molar-refractivity contribution in [1.29, 1.82) is 0 Å². The van der Waals surface area contributed by atoms with Gasteiger partial charge in [-0.25, -0.2) is 17.9 Å². The fourth-order valence-electron chi connectivity index (χ4n) is 1.78. The number of carboxylic acids is 1. The number of hydrogen-bond donors (Lipinski definition) is 5. The Balaban J connectivity index is 2.90. The molecule has 0 amide bonds. The van der Waals surface area contributed by atoms with E-state index in [4.69, 9.17) is 20.2 Å². The molecule has 10 heteroatoms. The van der Waals surface area contributed by atoms with Crippen LogP contribution in [0.3, 0.4) is 0 Å². The van der Waals surface area contributed by atoms with Gasteiger partial charge in [0.15, 0.2) is 0 Å². The third-order valence-corrected chi connectivity index (χ3v) is 4.22. The van der Waals surface area contributed by atoms with E-state index >= 15 is 0 Å². The molecule has 118 valence electrons. The molecule has 21 heavy (non-hydrogen) atoms. The Hall–Kier alpha value is -1.46. The number of carboxylic acid groups (broad SMARTS) is 1. The number of benzene rings is 1. The molecule has 8 nitrogen and oxygen atoms in total. The van der Waals surface area contributed by atoms with Gasteiger partial charge in [-0.3, -0.25) is 0 Å². The molecule has 0 spiro atoms. The molecule has 0 fully saturated rings. The van der Waals surface area contributed by atoms with Crippen LogP contribution in [0.25, 0.3) is 0 Å². The molecule has 1 aromatic carbocycles. The van der Waals surface area contributed by atoms with Crippen LogP contribution in [0.2, 0.25) is 0 Å². The van der Waals surface area contributed by atoms with Gasteiger partial charge in [0.2, 0.25) is 10.0 Å². The van der Waals surface area contributed by atoms with E-state index < -0.39 is 34.4 Å². The van der Waals surface area contributed by atoms with E-state index in [0.29, 0.717) is 0 Å². The van der Waals surface area contributed by atoms with Crippen molar-refractivity contribution in [2.24, 2.45) is 0 Å². The minimum atomic E-state index is -3.98. The topological polar surface area (TPSA) is 144 Å². The molecule has 0 aliphatic heterocycles. The Morgan fingerprint density at radius 3 is 2.43 bits per heavy atom. The SMILES string of the molecule is CC[C@H](NS(=O)(=O)Cc1cccc(C(=O)O)c1)[B-](O)(O)O. The number of sulfonamides is 1. The average Bonchev–Trinajstić information content (AvgIpc) is 2.34. The van der Waals surface area contributed by atoms with Crippen LogP contribution in [0.1, 0.15) is 29.3 Å². The molecule has 0 radical (unpaired) electrons. The summed E-state index contributed by atoms with van der Waals surface area (Å²) in [6, 6.07) is 5.37. The Bertz CT molecular complexity index is 611. The second-order valence-electron chi connectivity index (χ2n) is 4.69. The van der Waals surface area contributed by atoms with E-state index in [2.05, 4.69) is 0 Å². The second-order valence-corrected chi connectivity index (χ2v) is 6.44. The summed E-state index contributed by atoms with van der Waals surface area (Å²) in [5.41, 5.74) is 0.170. The molecule has 0 heterocycles. The number of rotatable bonds is 7. The lowest BCUT2D eigenvalue weighted by Crippen LogP contribution is -2.57. The van der Waals surface area contributed by atoms with Crippen molar-refractivity contribution in [1.82, 2.24) is 4.72 Å². The predicted molar refractivity (Wildman–Crippen MR) is 75.7 cm³/mol. The Labute approximate surface area is 122 Å². The lowest BCUT2D eigenvalue weighted by Gasteiger charge is -2.31. The maximum Gasteiger partial charge on any atom is 0.389 e. The molecule has 5 N–H and O–H groups in total. The molecule has 0 saturated heterocycles. The molecule has 0 bridgehead atoms. The van der Waals surface area contributed by atoms with Gasteiger partial charge < -0.3 is 20.2 Å². The van der Waals surface area contributed by atoms with Gasteiger partial charge in [-0.1, -0.05) is 25.5 Å². The van der Waals surface area contributed by atoms with Gasteiger partial charge in [0.05, 0.1) is 11.3 Å². The Morgan fingerprint density at radius 2 is 1.95 bits per heavy atom. The standard InChI is InChI=1S/C11H17BNO7S/c1-2-10(12(16,17)18)13-21(19,20)7-8-4-3-5-9(6-8)11(14)15/h3-6,10,13,16-18H,2,7H2,1H3,(H,14,15)/q-1/t10-/m0/s1.